The number of hydrogen-bond donors (Lipinski definition) is 2. The molecule has 2 aliphatic rings. The van der Waals surface area contributed by atoms with Crippen molar-refractivity contribution >= 4 is 23.7 Å². The molecular formula is C20H36N2O6S. The Morgan fingerprint density at radius 1 is 0.724 bits per heavy atom. The molecule has 2 heterocycles. The topological polar surface area (TPSA) is 121 Å². The van der Waals surface area contributed by atoms with E-state index in [4.69, 9.17) is 0 Å². The van der Waals surface area contributed by atoms with Crippen molar-refractivity contribution in [2.45, 2.75) is 51.4 Å². The summed E-state index contributed by atoms with van der Waals surface area (Å²) in [4.78, 5) is 23.0. The average Bonchev–Trinajstić information content (AvgIpc) is 3.28. The van der Waals surface area contributed by atoms with E-state index in [0.717, 1.165) is 25.7 Å². The molecule has 0 spiro atoms. The highest BCUT2D eigenvalue weighted by Gasteiger charge is 2.28. The van der Waals surface area contributed by atoms with Crippen LogP contribution in [0.4, 0.5) is 0 Å². The smallest absolute Gasteiger partial charge is 0.306 e. The van der Waals surface area contributed by atoms with Gasteiger partial charge in [-0.15, -0.1) is 0 Å². The maximum Gasteiger partial charge on any atom is 0.306 e. The molecule has 0 radical (unpaired) electrons. The van der Waals surface area contributed by atoms with Crippen molar-refractivity contribution in [1.29, 1.82) is 0 Å². The molecule has 8 nitrogen and oxygen atoms in total. The summed E-state index contributed by atoms with van der Waals surface area (Å²) in [6.45, 7) is 3.14. The van der Waals surface area contributed by atoms with Gasteiger partial charge in [-0.25, -0.2) is 0 Å². The van der Waals surface area contributed by atoms with Crippen LogP contribution in [-0.2, 0) is 9.59 Å². The van der Waals surface area contributed by atoms with E-state index >= 15 is 0 Å². The molecule has 0 saturated carbocycles. The Kier molecular flexibility index (Phi) is 9.68. The van der Waals surface area contributed by atoms with Crippen LogP contribution >= 0.6 is 11.8 Å². The van der Waals surface area contributed by atoms with Gasteiger partial charge in [-0.3, -0.25) is 9.59 Å². The summed E-state index contributed by atoms with van der Waals surface area (Å²) in [6, 6.07) is 0. The monoisotopic (exact) mass is 432 g/mol. The molecule has 0 aromatic rings. The predicted octanol–water partition coefficient (Wildman–Crippen LogP) is 2.90. The highest BCUT2D eigenvalue weighted by molar-refractivity contribution is 7.99. The standard InChI is InChI=1S/C20H36N2O6S/c23-19(24)17(5-13-21(27)9-1-2-10-21)7-15-29-16-8-18(20(25)26)6-14-22(28)11-3-4-12-22/h17-18H,1-16H2,(H,23,24)(H,25,26). The Balaban J connectivity index is 1.64. The fourth-order valence-electron chi connectivity index (χ4n) is 4.39. The lowest BCUT2D eigenvalue weighted by Crippen LogP contribution is -2.41. The largest absolute Gasteiger partial charge is 0.633 e. The highest BCUT2D eigenvalue weighted by atomic mass is 32.2. The van der Waals surface area contributed by atoms with Gasteiger partial charge in [0.25, 0.3) is 0 Å². The van der Waals surface area contributed by atoms with E-state index in [2.05, 4.69) is 0 Å². The fourth-order valence-corrected chi connectivity index (χ4v) is 5.50. The first-order chi connectivity index (χ1) is 13.7. The van der Waals surface area contributed by atoms with Crippen LogP contribution in [-0.4, -0.2) is 82.2 Å². The van der Waals surface area contributed by atoms with Crippen LogP contribution in [0.5, 0.6) is 0 Å². The molecule has 2 N–H and O–H groups in total. The summed E-state index contributed by atoms with van der Waals surface area (Å²) in [5.74, 6) is -1.44. The Bertz CT molecular complexity index is 489. The Hall–Kier alpha value is -0.870. The summed E-state index contributed by atoms with van der Waals surface area (Å²) in [5, 5.41) is 43.6. The molecule has 2 atom stereocenters. The fraction of sp³-hybridized carbons (Fsp3) is 0.900. The zero-order valence-electron chi connectivity index (χ0n) is 17.3. The van der Waals surface area contributed by atoms with Gasteiger partial charge in [0.15, 0.2) is 0 Å². The Labute approximate surface area is 177 Å². The summed E-state index contributed by atoms with van der Waals surface area (Å²) < 4.78 is -0.506. The zero-order valence-corrected chi connectivity index (χ0v) is 18.1. The lowest BCUT2D eigenvalue weighted by Gasteiger charge is -2.39. The number of rotatable bonds is 14. The van der Waals surface area contributed by atoms with Gasteiger partial charge in [-0.05, 0) is 24.3 Å². The number of hydrogen-bond acceptors (Lipinski definition) is 5. The molecule has 0 amide bonds. The first-order valence-electron chi connectivity index (χ1n) is 10.9. The minimum Gasteiger partial charge on any atom is -0.633 e. The Morgan fingerprint density at radius 3 is 1.38 bits per heavy atom. The molecule has 9 heteroatoms. The molecule has 168 valence electrons. The van der Waals surface area contributed by atoms with E-state index in [1.807, 2.05) is 0 Å². The van der Waals surface area contributed by atoms with Gasteiger partial charge in [0.05, 0.1) is 51.1 Å². The van der Waals surface area contributed by atoms with Gasteiger partial charge in [0, 0.05) is 38.5 Å². The summed E-state index contributed by atoms with van der Waals surface area (Å²) in [7, 11) is 0. The minimum absolute atomic E-state index is 0.253. The lowest BCUT2D eigenvalue weighted by molar-refractivity contribution is -0.868. The van der Waals surface area contributed by atoms with Crippen molar-refractivity contribution in [3.63, 3.8) is 0 Å². The van der Waals surface area contributed by atoms with E-state index in [1.165, 1.54) is 0 Å². The van der Waals surface area contributed by atoms with Gasteiger partial charge in [0.2, 0.25) is 0 Å². The van der Waals surface area contributed by atoms with Gasteiger partial charge >= 0.3 is 11.9 Å². The second kappa shape index (κ2) is 11.5. The van der Waals surface area contributed by atoms with Crippen LogP contribution in [0.3, 0.4) is 0 Å². The molecule has 0 aromatic carbocycles. The molecule has 29 heavy (non-hydrogen) atoms. The summed E-state index contributed by atoms with van der Waals surface area (Å²) >= 11 is 1.57. The number of carboxylic acids is 2. The number of likely N-dealkylation sites (tertiary alicyclic amines) is 2. The van der Waals surface area contributed by atoms with Crippen molar-refractivity contribution in [2.24, 2.45) is 11.8 Å². The first kappa shape index (κ1) is 24.4. The second-order valence-corrected chi connectivity index (χ2v) is 9.93. The van der Waals surface area contributed by atoms with E-state index in [-0.39, 0.29) is 9.29 Å². The maximum atomic E-state index is 12.4. The van der Waals surface area contributed by atoms with Crippen LogP contribution in [0.1, 0.15) is 51.4 Å². The minimum atomic E-state index is -0.852. The number of quaternary nitrogens is 2. The van der Waals surface area contributed by atoms with Crippen LogP contribution in [0, 0.1) is 22.3 Å². The molecular weight excluding hydrogens is 396 g/mol. The van der Waals surface area contributed by atoms with Crippen molar-refractivity contribution < 1.29 is 29.1 Å². The van der Waals surface area contributed by atoms with E-state index < -0.39 is 23.8 Å². The molecule has 0 aliphatic carbocycles. The third kappa shape index (κ3) is 8.41. The molecule has 0 aromatic heterocycles. The first-order valence-corrected chi connectivity index (χ1v) is 12.1. The lowest BCUT2D eigenvalue weighted by atomic mass is 10.0. The van der Waals surface area contributed by atoms with Crippen LogP contribution in [0.25, 0.3) is 0 Å². The summed E-state index contributed by atoms with van der Waals surface area (Å²) in [6.07, 6.45) is 5.50. The van der Waals surface area contributed by atoms with Gasteiger partial charge < -0.3 is 29.9 Å². The quantitative estimate of drug-likeness (QED) is 0.246. The van der Waals surface area contributed by atoms with Crippen LogP contribution < -0.4 is 0 Å². The van der Waals surface area contributed by atoms with Gasteiger partial charge in [-0.1, -0.05) is 0 Å². The number of carbonyl (C=O) groups is 2. The SMILES string of the molecule is O=C(O)C(CCSCCC(CC[N+]1([O-])CCCC1)C(=O)O)CC[N+]1([O-])CCCC1. The van der Waals surface area contributed by atoms with Crippen molar-refractivity contribution in [2.75, 3.05) is 50.8 Å². The molecule has 2 rings (SSSR count). The van der Waals surface area contributed by atoms with E-state index in [1.54, 1.807) is 11.8 Å². The normalized spacial score (nSPS) is 22.4. The zero-order chi connectivity index (χ0) is 21.3. The third-order valence-electron chi connectivity index (χ3n) is 6.45. The number of thioether (sulfide) groups is 1. The average molecular weight is 433 g/mol. The number of nitrogens with zero attached hydrogens (tertiary/aromatic N) is 2. The second-order valence-electron chi connectivity index (χ2n) is 8.71. The Morgan fingerprint density at radius 2 is 1.07 bits per heavy atom. The molecule has 2 unspecified atom stereocenters. The van der Waals surface area contributed by atoms with Crippen molar-refractivity contribution in [3.8, 4) is 0 Å². The van der Waals surface area contributed by atoms with E-state index in [0.29, 0.717) is 76.5 Å². The molecule has 2 saturated heterocycles. The predicted molar refractivity (Wildman–Crippen MR) is 113 cm³/mol. The van der Waals surface area contributed by atoms with Crippen molar-refractivity contribution in [3.05, 3.63) is 10.4 Å². The molecule has 2 aliphatic heterocycles. The third-order valence-corrected chi connectivity index (χ3v) is 7.50. The number of hydroxylamine groups is 6. The number of aliphatic carboxylic acids is 2. The molecule has 0 bridgehead atoms. The van der Waals surface area contributed by atoms with Crippen molar-refractivity contribution in [1.82, 2.24) is 0 Å². The maximum absolute atomic E-state index is 12.4. The van der Waals surface area contributed by atoms with Gasteiger partial charge in [-0.2, -0.15) is 11.8 Å². The summed E-state index contributed by atoms with van der Waals surface area (Å²) in [5.41, 5.74) is 0. The van der Waals surface area contributed by atoms with E-state index in [9.17, 15) is 30.2 Å². The van der Waals surface area contributed by atoms with Gasteiger partial charge in [0.1, 0.15) is 0 Å². The van der Waals surface area contributed by atoms with Crippen LogP contribution in [0.15, 0.2) is 0 Å². The highest BCUT2D eigenvalue weighted by Crippen LogP contribution is 2.24. The number of carboxylic acid groups (broad SMARTS) is 2. The molecule has 2 fully saturated rings. The van der Waals surface area contributed by atoms with Crippen LogP contribution in [0.2, 0.25) is 0 Å².